The average molecular weight is 349 g/mol. The number of carbonyl (C=O) groups excluding carboxylic acids is 2. The Morgan fingerprint density at radius 2 is 2.08 bits per heavy atom. The molecule has 26 heavy (non-hydrogen) atoms. The van der Waals surface area contributed by atoms with Crippen LogP contribution in [0.1, 0.15) is 28.9 Å². The molecule has 0 spiro atoms. The summed E-state index contributed by atoms with van der Waals surface area (Å²) in [5.41, 5.74) is 3.29. The zero-order chi connectivity index (χ0) is 18.1. The fraction of sp³-hybridized carbons (Fsp3) is 0.200. The monoisotopic (exact) mass is 349 g/mol. The molecule has 0 aliphatic carbocycles. The van der Waals surface area contributed by atoms with E-state index in [1.54, 1.807) is 4.90 Å². The lowest BCUT2D eigenvalue weighted by atomic mass is 10.1. The molecule has 6 heteroatoms. The quantitative estimate of drug-likeness (QED) is 0.785. The maximum atomic E-state index is 12.6. The number of ether oxygens (including phenoxy) is 1. The molecule has 3 heterocycles. The van der Waals surface area contributed by atoms with Gasteiger partial charge in [0.25, 0.3) is 5.91 Å². The van der Waals surface area contributed by atoms with Crippen LogP contribution in [0.5, 0.6) is 0 Å². The maximum Gasteiger partial charge on any atom is 0.414 e. The molecule has 132 valence electrons. The van der Waals surface area contributed by atoms with Crippen molar-refractivity contribution in [3.05, 3.63) is 72.1 Å². The Bertz CT molecular complexity index is 946. The standard InChI is InChI=1S/C20H19N3O3/c1-14(15-5-4-7-18(11-15)23-9-10-26-20(23)25)21-19(24)16-12-17-6-2-3-8-22(17)13-16/h2-8,11-14H,9-10H2,1H3,(H,21,24). The normalized spacial score (nSPS) is 15.1. The van der Waals surface area contributed by atoms with Crippen LogP contribution in [-0.4, -0.2) is 29.6 Å². The third kappa shape index (κ3) is 3.01. The largest absolute Gasteiger partial charge is 0.447 e. The summed E-state index contributed by atoms with van der Waals surface area (Å²) in [5.74, 6) is -0.132. The SMILES string of the molecule is CC(NC(=O)c1cc2ccccn2c1)c1cccc(N2CCOC2=O)c1. The van der Waals surface area contributed by atoms with E-state index in [1.165, 1.54) is 0 Å². The van der Waals surface area contributed by atoms with Gasteiger partial charge in [0.05, 0.1) is 18.2 Å². The molecule has 2 amide bonds. The molecule has 0 saturated carbocycles. The summed E-state index contributed by atoms with van der Waals surface area (Å²) in [6, 6.07) is 15.1. The molecule has 4 rings (SSSR count). The number of fused-ring (bicyclic) bond motifs is 1. The lowest BCUT2D eigenvalue weighted by molar-refractivity contribution is 0.0940. The van der Waals surface area contributed by atoms with E-state index >= 15 is 0 Å². The number of pyridine rings is 1. The van der Waals surface area contributed by atoms with Gasteiger partial charge < -0.3 is 14.5 Å². The van der Waals surface area contributed by atoms with Crippen LogP contribution in [-0.2, 0) is 4.74 Å². The van der Waals surface area contributed by atoms with E-state index < -0.39 is 0 Å². The highest BCUT2D eigenvalue weighted by Crippen LogP contribution is 2.23. The zero-order valence-electron chi connectivity index (χ0n) is 14.4. The first-order valence-electron chi connectivity index (χ1n) is 8.54. The van der Waals surface area contributed by atoms with E-state index in [1.807, 2.05) is 72.2 Å². The molecule has 3 aromatic rings. The van der Waals surface area contributed by atoms with E-state index in [0.717, 1.165) is 16.8 Å². The van der Waals surface area contributed by atoms with Crippen LogP contribution in [0, 0.1) is 0 Å². The number of aromatic nitrogens is 1. The number of anilines is 1. The third-order valence-corrected chi connectivity index (χ3v) is 4.56. The number of cyclic esters (lactones) is 1. The lowest BCUT2D eigenvalue weighted by Crippen LogP contribution is -2.27. The van der Waals surface area contributed by atoms with Crippen molar-refractivity contribution in [2.45, 2.75) is 13.0 Å². The number of rotatable bonds is 4. The van der Waals surface area contributed by atoms with Gasteiger partial charge in [-0.25, -0.2) is 4.79 Å². The van der Waals surface area contributed by atoms with E-state index in [4.69, 9.17) is 4.74 Å². The zero-order valence-corrected chi connectivity index (χ0v) is 14.4. The molecule has 2 aromatic heterocycles. The lowest BCUT2D eigenvalue weighted by Gasteiger charge is -2.18. The Labute approximate surface area is 151 Å². The van der Waals surface area contributed by atoms with Gasteiger partial charge in [-0.1, -0.05) is 18.2 Å². The number of hydrogen-bond donors (Lipinski definition) is 1. The van der Waals surface area contributed by atoms with Gasteiger partial charge in [-0.3, -0.25) is 9.69 Å². The first kappa shape index (κ1) is 16.2. The fourth-order valence-corrected chi connectivity index (χ4v) is 3.13. The second-order valence-electron chi connectivity index (χ2n) is 6.32. The Morgan fingerprint density at radius 3 is 2.85 bits per heavy atom. The van der Waals surface area contributed by atoms with E-state index in [-0.39, 0.29) is 18.0 Å². The van der Waals surface area contributed by atoms with Gasteiger partial charge in [-0.15, -0.1) is 0 Å². The number of nitrogens with zero attached hydrogens (tertiary/aromatic N) is 2. The van der Waals surface area contributed by atoms with Crippen LogP contribution in [0.3, 0.4) is 0 Å². The van der Waals surface area contributed by atoms with Crippen molar-refractivity contribution in [2.75, 3.05) is 18.1 Å². The Kier molecular flexibility index (Phi) is 4.08. The van der Waals surface area contributed by atoms with Gasteiger partial charge in [-0.2, -0.15) is 0 Å². The first-order valence-corrected chi connectivity index (χ1v) is 8.54. The van der Waals surface area contributed by atoms with Crippen molar-refractivity contribution < 1.29 is 14.3 Å². The van der Waals surface area contributed by atoms with Crippen molar-refractivity contribution in [2.24, 2.45) is 0 Å². The van der Waals surface area contributed by atoms with Gasteiger partial charge in [0.1, 0.15) is 6.61 Å². The fourth-order valence-electron chi connectivity index (χ4n) is 3.13. The number of nitrogens with one attached hydrogen (secondary N) is 1. The summed E-state index contributed by atoms with van der Waals surface area (Å²) in [6.07, 6.45) is 3.39. The number of hydrogen-bond acceptors (Lipinski definition) is 3. The predicted molar refractivity (Wildman–Crippen MR) is 98.4 cm³/mol. The predicted octanol–water partition coefficient (Wildman–Crippen LogP) is 3.39. The number of benzene rings is 1. The second kappa shape index (κ2) is 6.55. The van der Waals surface area contributed by atoms with Crippen LogP contribution < -0.4 is 10.2 Å². The van der Waals surface area contributed by atoms with Gasteiger partial charge in [-0.05, 0) is 42.8 Å². The molecule has 1 fully saturated rings. The summed E-state index contributed by atoms with van der Waals surface area (Å²) in [7, 11) is 0. The smallest absolute Gasteiger partial charge is 0.414 e. The summed E-state index contributed by atoms with van der Waals surface area (Å²) in [5, 5.41) is 3.02. The highest BCUT2D eigenvalue weighted by atomic mass is 16.6. The molecule has 1 unspecified atom stereocenters. The summed E-state index contributed by atoms with van der Waals surface area (Å²) in [6.45, 7) is 2.87. The van der Waals surface area contributed by atoms with Crippen molar-refractivity contribution in [3.8, 4) is 0 Å². The molecule has 1 aliphatic rings. The molecule has 0 bridgehead atoms. The van der Waals surface area contributed by atoms with Crippen molar-refractivity contribution in [1.82, 2.24) is 9.72 Å². The Hall–Kier alpha value is -3.28. The molecule has 1 aromatic carbocycles. The third-order valence-electron chi connectivity index (χ3n) is 4.56. The number of carbonyl (C=O) groups is 2. The highest BCUT2D eigenvalue weighted by Gasteiger charge is 2.24. The highest BCUT2D eigenvalue weighted by molar-refractivity contribution is 5.96. The van der Waals surface area contributed by atoms with Crippen LogP contribution >= 0.6 is 0 Å². The summed E-state index contributed by atoms with van der Waals surface area (Å²) < 4.78 is 6.90. The maximum absolute atomic E-state index is 12.6. The van der Waals surface area contributed by atoms with Crippen LogP contribution in [0.15, 0.2) is 60.9 Å². The molecular weight excluding hydrogens is 330 g/mol. The topological polar surface area (TPSA) is 63.1 Å². The first-order chi connectivity index (χ1) is 12.6. The van der Waals surface area contributed by atoms with E-state index in [2.05, 4.69) is 5.32 Å². The minimum atomic E-state index is -0.334. The van der Waals surface area contributed by atoms with Gasteiger partial charge in [0.15, 0.2) is 0 Å². The summed E-state index contributed by atoms with van der Waals surface area (Å²) in [4.78, 5) is 25.9. The Morgan fingerprint density at radius 1 is 1.19 bits per heavy atom. The van der Waals surface area contributed by atoms with Gasteiger partial charge in [0.2, 0.25) is 0 Å². The van der Waals surface area contributed by atoms with Gasteiger partial charge >= 0.3 is 6.09 Å². The van der Waals surface area contributed by atoms with Crippen molar-refractivity contribution >= 4 is 23.2 Å². The average Bonchev–Trinajstić information content (AvgIpc) is 3.27. The molecule has 1 N–H and O–H groups in total. The molecule has 6 nitrogen and oxygen atoms in total. The number of amides is 2. The minimum Gasteiger partial charge on any atom is -0.447 e. The minimum absolute atomic E-state index is 0.132. The molecule has 0 radical (unpaired) electrons. The van der Waals surface area contributed by atoms with Crippen LogP contribution in [0.4, 0.5) is 10.5 Å². The van der Waals surface area contributed by atoms with E-state index in [0.29, 0.717) is 18.7 Å². The van der Waals surface area contributed by atoms with Gasteiger partial charge in [0, 0.05) is 23.6 Å². The molecule has 1 saturated heterocycles. The Balaban J connectivity index is 1.51. The molecule has 1 aliphatic heterocycles. The van der Waals surface area contributed by atoms with Crippen molar-refractivity contribution in [3.63, 3.8) is 0 Å². The van der Waals surface area contributed by atoms with Crippen LogP contribution in [0.2, 0.25) is 0 Å². The van der Waals surface area contributed by atoms with E-state index in [9.17, 15) is 9.59 Å². The summed E-state index contributed by atoms with van der Waals surface area (Å²) >= 11 is 0. The van der Waals surface area contributed by atoms with Crippen LogP contribution in [0.25, 0.3) is 5.52 Å². The van der Waals surface area contributed by atoms with Crippen molar-refractivity contribution in [1.29, 1.82) is 0 Å². The molecule has 1 atom stereocenters. The molecular formula is C20H19N3O3. The second-order valence-corrected chi connectivity index (χ2v) is 6.32.